The lowest BCUT2D eigenvalue weighted by Gasteiger charge is -2.34. The van der Waals surface area contributed by atoms with Crippen LogP contribution in [0, 0.1) is 0 Å². The zero-order chi connectivity index (χ0) is 23.0. The molecule has 33 heavy (non-hydrogen) atoms. The minimum Gasteiger partial charge on any atom is -0.463 e. The number of nitrogens with one attached hydrogen (secondary N) is 2. The lowest BCUT2D eigenvalue weighted by Crippen LogP contribution is -2.44. The Bertz CT molecular complexity index is 948. The van der Waals surface area contributed by atoms with Crippen molar-refractivity contribution in [3.05, 3.63) is 42.1 Å². The lowest BCUT2D eigenvalue weighted by molar-refractivity contribution is -0.137. The van der Waals surface area contributed by atoms with Crippen LogP contribution in [0.3, 0.4) is 0 Å². The standard InChI is InChI=1S/C25H34N6O2/c1-3-33-23(32)13-8-19-18-26-25(29-24(19)27-20-6-4-5-7-20)28-21-9-11-22(12-10-21)31-16-14-30(2)15-17-31/h8-13,18,20H,3-7,14-17H2,1-2H3,(H2,26,27,28,29)/b13-8+. The second kappa shape index (κ2) is 11.1. The molecule has 0 radical (unpaired) electrons. The summed E-state index contributed by atoms with van der Waals surface area (Å²) in [6.07, 6.45) is 9.57. The molecule has 2 aromatic rings. The van der Waals surface area contributed by atoms with Crippen molar-refractivity contribution in [2.45, 2.75) is 38.6 Å². The van der Waals surface area contributed by atoms with E-state index in [1.165, 1.54) is 24.6 Å². The first-order valence-electron chi connectivity index (χ1n) is 11.9. The summed E-state index contributed by atoms with van der Waals surface area (Å²) in [5, 5.41) is 6.86. The third kappa shape index (κ3) is 6.44. The topological polar surface area (TPSA) is 82.6 Å². The van der Waals surface area contributed by atoms with Gasteiger partial charge in [0.05, 0.1) is 6.61 Å². The van der Waals surface area contributed by atoms with E-state index in [2.05, 4.69) is 56.7 Å². The van der Waals surface area contributed by atoms with Crippen LogP contribution in [0.25, 0.3) is 6.08 Å². The van der Waals surface area contributed by atoms with Crippen LogP contribution >= 0.6 is 0 Å². The van der Waals surface area contributed by atoms with E-state index >= 15 is 0 Å². The molecule has 8 nitrogen and oxygen atoms in total. The summed E-state index contributed by atoms with van der Waals surface area (Å²) in [4.78, 5) is 25.7. The molecule has 0 spiro atoms. The second-order valence-corrected chi connectivity index (χ2v) is 8.67. The van der Waals surface area contributed by atoms with Gasteiger partial charge >= 0.3 is 5.97 Å². The molecule has 0 atom stereocenters. The molecular formula is C25H34N6O2. The highest BCUT2D eigenvalue weighted by Gasteiger charge is 2.17. The zero-order valence-corrected chi connectivity index (χ0v) is 19.6. The van der Waals surface area contributed by atoms with Crippen molar-refractivity contribution in [3.8, 4) is 0 Å². The summed E-state index contributed by atoms with van der Waals surface area (Å²) < 4.78 is 4.99. The number of hydrogen-bond acceptors (Lipinski definition) is 8. The summed E-state index contributed by atoms with van der Waals surface area (Å²) >= 11 is 0. The number of hydrogen-bond donors (Lipinski definition) is 2. The van der Waals surface area contributed by atoms with Gasteiger partial charge in [-0.3, -0.25) is 0 Å². The molecule has 1 aliphatic heterocycles. The van der Waals surface area contributed by atoms with Crippen molar-refractivity contribution in [1.82, 2.24) is 14.9 Å². The number of anilines is 4. The third-order valence-corrected chi connectivity index (χ3v) is 6.19. The molecule has 0 bridgehead atoms. The van der Waals surface area contributed by atoms with Crippen molar-refractivity contribution in [2.75, 3.05) is 55.4 Å². The number of benzene rings is 1. The Morgan fingerprint density at radius 1 is 1.15 bits per heavy atom. The SMILES string of the molecule is CCOC(=O)/C=C/c1cnc(Nc2ccc(N3CCN(C)CC3)cc2)nc1NC1CCCC1. The zero-order valence-electron chi connectivity index (χ0n) is 19.6. The molecule has 8 heteroatoms. The maximum atomic E-state index is 11.7. The summed E-state index contributed by atoms with van der Waals surface area (Å²) in [7, 11) is 2.16. The highest BCUT2D eigenvalue weighted by Crippen LogP contribution is 2.26. The fraction of sp³-hybridized carbons (Fsp3) is 0.480. The van der Waals surface area contributed by atoms with Crippen LogP contribution in [0.5, 0.6) is 0 Å². The van der Waals surface area contributed by atoms with Gasteiger partial charge in [0.15, 0.2) is 0 Å². The first-order valence-corrected chi connectivity index (χ1v) is 11.9. The molecular weight excluding hydrogens is 416 g/mol. The second-order valence-electron chi connectivity index (χ2n) is 8.67. The number of esters is 1. The Balaban J connectivity index is 1.47. The first kappa shape index (κ1) is 23.0. The van der Waals surface area contributed by atoms with Crippen LogP contribution in [-0.2, 0) is 9.53 Å². The molecule has 1 aromatic carbocycles. The molecule has 0 amide bonds. The van der Waals surface area contributed by atoms with Crippen LogP contribution < -0.4 is 15.5 Å². The van der Waals surface area contributed by atoms with Gasteiger partial charge < -0.3 is 25.2 Å². The number of piperazine rings is 1. The maximum Gasteiger partial charge on any atom is 0.330 e. The Hall–Kier alpha value is -3.13. The van der Waals surface area contributed by atoms with Crippen molar-refractivity contribution < 1.29 is 9.53 Å². The van der Waals surface area contributed by atoms with Crippen molar-refractivity contribution in [3.63, 3.8) is 0 Å². The predicted molar refractivity (Wildman–Crippen MR) is 133 cm³/mol. The normalized spacial score (nSPS) is 17.5. The molecule has 2 heterocycles. The molecule has 1 aliphatic carbocycles. The van der Waals surface area contributed by atoms with E-state index in [-0.39, 0.29) is 5.97 Å². The number of nitrogens with zero attached hydrogens (tertiary/aromatic N) is 4. The van der Waals surface area contributed by atoms with Crippen molar-refractivity contribution >= 4 is 35.2 Å². The molecule has 176 valence electrons. The summed E-state index contributed by atoms with van der Waals surface area (Å²) in [6.45, 7) is 6.40. The van der Waals surface area contributed by atoms with E-state index in [0.29, 0.717) is 18.6 Å². The van der Waals surface area contributed by atoms with Crippen molar-refractivity contribution in [2.24, 2.45) is 0 Å². The largest absolute Gasteiger partial charge is 0.463 e. The van der Waals surface area contributed by atoms with Crippen LogP contribution in [0.15, 0.2) is 36.5 Å². The maximum absolute atomic E-state index is 11.7. The van der Waals surface area contributed by atoms with Crippen LogP contribution in [0.1, 0.15) is 38.2 Å². The van der Waals surface area contributed by atoms with E-state index in [0.717, 1.165) is 56.1 Å². The third-order valence-electron chi connectivity index (χ3n) is 6.19. The Labute approximate surface area is 196 Å². The average molecular weight is 451 g/mol. The highest BCUT2D eigenvalue weighted by molar-refractivity contribution is 5.88. The lowest BCUT2D eigenvalue weighted by atomic mass is 10.2. The molecule has 2 fully saturated rings. The molecule has 4 rings (SSSR count). The van der Waals surface area contributed by atoms with Crippen LogP contribution in [0.4, 0.5) is 23.1 Å². The number of ether oxygens (including phenoxy) is 1. The van der Waals surface area contributed by atoms with Gasteiger partial charge in [-0.05, 0) is 57.2 Å². The minimum atomic E-state index is -0.369. The van der Waals surface area contributed by atoms with E-state index in [1.807, 2.05) is 0 Å². The van der Waals surface area contributed by atoms with Gasteiger partial charge in [0.25, 0.3) is 0 Å². The molecule has 2 N–H and O–H groups in total. The number of rotatable bonds is 8. The van der Waals surface area contributed by atoms with E-state index in [4.69, 9.17) is 9.72 Å². The van der Waals surface area contributed by atoms with E-state index in [9.17, 15) is 4.79 Å². The monoisotopic (exact) mass is 450 g/mol. The van der Waals surface area contributed by atoms with Gasteiger partial charge in [-0.1, -0.05) is 12.8 Å². The van der Waals surface area contributed by atoms with Crippen LogP contribution in [-0.4, -0.2) is 66.7 Å². The summed E-state index contributed by atoms with van der Waals surface area (Å²) in [6, 6.07) is 8.81. The smallest absolute Gasteiger partial charge is 0.330 e. The summed E-state index contributed by atoms with van der Waals surface area (Å²) in [5.74, 6) is 0.886. The molecule has 2 aliphatic rings. The van der Waals surface area contributed by atoms with Gasteiger partial charge in [0, 0.05) is 61.4 Å². The van der Waals surface area contributed by atoms with Crippen molar-refractivity contribution in [1.29, 1.82) is 0 Å². The fourth-order valence-electron chi connectivity index (χ4n) is 4.25. The average Bonchev–Trinajstić information content (AvgIpc) is 3.33. The molecule has 1 aromatic heterocycles. The highest BCUT2D eigenvalue weighted by atomic mass is 16.5. The molecule has 1 saturated carbocycles. The van der Waals surface area contributed by atoms with Crippen LogP contribution in [0.2, 0.25) is 0 Å². The predicted octanol–water partition coefficient (Wildman–Crippen LogP) is 3.90. The Morgan fingerprint density at radius 3 is 2.58 bits per heavy atom. The Kier molecular flexibility index (Phi) is 7.78. The molecule has 1 saturated heterocycles. The Morgan fingerprint density at radius 2 is 1.88 bits per heavy atom. The van der Waals surface area contributed by atoms with Gasteiger partial charge in [0.1, 0.15) is 5.82 Å². The first-order chi connectivity index (χ1) is 16.1. The van der Waals surface area contributed by atoms with Gasteiger partial charge in [-0.2, -0.15) is 4.98 Å². The van der Waals surface area contributed by atoms with Gasteiger partial charge in [-0.25, -0.2) is 9.78 Å². The minimum absolute atomic E-state index is 0.351. The van der Waals surface area contributed by atoms with E-state index in [1.54, 1.807) is 19.2 Å². The number of carbonyl (C=O) groups is 1. The fourth-order valence-corrected chi connectivity index (χ4v) is 4.25. The van der Waals surface area contributed by atoms with Gasteiger partial charge in [-0.15, -0.1) is 0 Å². The number of carbonyl (C=O) groups excluding carboxylic acids is 1. The number of aromatic nitrogens is 2. The molecule has 0 unspecified atom stereocenters. The quantitative estimate of drug-likeness (QED) is 0.463. The van der Waals surface area contributed by atoms with Gasteiger partial charge in [0.2, 0.25) is 5.95 Å². The number of likely N-dealkylation sites (N-methyl/N-ethyl adjacent to an activating group) is 1. The van der Waals surface area contributed by atoms with E-state index < -0.39 is 0 Å². The summed E-state index contributed by atoms with van der Waals surface area (Å²) in [5.41, 5.74) is 2.94.